The van der Waals surface area contributed by atoms with Crippen molar-refractivity contribution >= 4 is 39.7 Å². The van der Waals surface area contributed by atoms with Gasteiger partial charge in [-0.25, -0.2) is 27.2 Å². The summed E-state index contributed by atoms with van der Waals surface area (Å²) >= 11 is 0. The average Bonchev–Trinajstić information content (AvgIpc) is 3.76. The fourth-order valence-electron chi connectivity index (χ4n) is 10.3. The molecular weight excluding hydrogens is 844 g/mol. The number of nitrogens with zero attached hydrogens (tertiary/aromatic N) is 6. The minimum Gasteiger partial charge on any atom is -0.461 e. The van der Waals surface area contributed by atoms with Crippen LogP contribution in [0, 0.1) is 11.6 Å². The Kier molecular flexibility index (Phi) is 11.0. The van der Waals surface area contributed by atoms with Crippen LogP contribution in [0.15, 0.2) is 30.5 Å². The maximum absolute atomic E-state index is 17.6. The van der Waals surface area contributed by atoms with Crippen molar-refractivity contribution in [3.63, 3.8) is 0 Å². The van der Waals surface area contributed by atoms with Gasteiger partial charge in [0.25, 0.3) is 0 Å². The van der Waals surface area contributed by atoms with Gasteiger partial charge in [-0.2, -0.15) is 23.1 Å². The second kappa shape index (κ2) is 16.1. The van der Waals surface area contributed by atoms with Gasteiger partial charge in [0.05, 0.1) is 29.6 Å². The number of fused-ring (bicyclic) bond motifs is 7. The number of aromatic nitrogens is 3. The highest BCUT2D eigenvalue weighted by molar-refractivity contribution is 6.02. The number of likely N-dealkylation sites (tertiary alicyclic amines) is 1. The summed E-state index contributed by atoms with van der Waals surface area (Å²) in [4.78, 5) is 45.1. The molecule has 4 aromatic rings. The van der Waals surface area contributed by atoms with Gasteiger partial charge >= 0.3 is 24.4 Å². The number of alkyl halides is 5. The number of nitrogens with one attached hydrogen (secondary N) is 1. The Labute approximate surface area is 357 Å². The quantitative estimate of drug-likeness (QED) is 0.199. The van der Waals surface area contributed by atoms with E-state index in [1.54, 1.807) is 11.8 Å². The standard InChI is InChI=1S/C43H46F7N7O6/c1-40-17-25(44)20-56(22-40)36-30-19-51-34(33(47)35(30)52-37(53-36)62-23-41-8-4-11-57(41)21-26(45)18-41)29-16-27(63-39(59)55-12-9-42(60-2,10-13-55)43(48,49)50)15-24-6-7-31(46)28(32(24)29)5-3-14-61-38(58)54-40/h6-7,15-16,19,25-26H,3-5,8-14,17-18,20-23H2,1-2H3,(H,54,58)/t25-,26-,40-,41+/m1/s1. The van der Waals surface area contributed by atoms with Crippen LogP contribution in [-0.2, 0) is 15.9 Å². The number of ether oxygens (including phenoxy) is 4. The highest BCUT2D eigenvalue weighted by Crippen LogP contribution is 2.44. The first-order valence-electron chi connectivity index (χ1n) is 21.1. The molecule has 13 nitrogen and oxygen atoms in total. The van der Waals surface area contributed by atoms with Crippen molar-refractivity contribution in [3.8, 4) is 23.0 Å². The third-order valence-electron chi connectivity index (χ3n) is 13.4. The van der Waals surface area contributed by atoms with Crippen LogP contribution < -0.4 is 19.7 Å². The zero-order valence-electron chi connectivity index (χ0n) is 34.6. The van der Waals surface area contributed by atoms with Crippen molar-refractivity contribution in [1.29, 1.82) is 0 Å². The molecule has 2 aromatic carbocycles. The third kappa shape index (κ3) is 7.90. The van der Waals surface area contributed by atoms with Crippen LogP contribution >= 0.6 is 0 Å². The van der Waals surface area contributed by atoms with Crippen molar-refractivity contribution in [2.24, 2.45) is 0 Å². The van der Waals surface area contributed by atoms with Crippen LogP contribution in [0.3, 0.4) is 0 Å². The Morgan fingerprint density at radius 3 is 2.56 bits per heavy atom. The zero-order valence-corrected chi connectivity index (χ0v) is 34.6. The Hall–Kier alpha value is -5.24. The molecule has 0 radical (unpaired) electrons. The lowest BCUT2D eigenvalue weighted by atomic mass is 9.90. The minimum atomic E-state index is -4.67. The number of benzene rings is 2. The zero-order chi connectivity index (χ0) is 44.5. The maximum atomic E-state index is 17.6. The topological polar surface area (TPSA) is 131 Å². The molecule has 2 aromatic heterocycles. The molecule has 4 atom stereocenters. The highest BCUT2D eigenvalue weighted by atomic mass is 19.4. The number of rotatable bonds is 5. The Morgan fingerprint density at radius 1 is 1.02 bits per heavy atom. The monoisotopic (exact) mass is 889 g/mol. The Balaban J connectivity index is 1.17. The van der Waals surface area contributed by atoms with E-state index in [1.165, 1.54) is 30.5 Å². The molecule has 0 spiro atoms. The summed E-state index contributed by atoms with van der Waals surface area (Å²) in [5.41, 5.74) is -4.76. The van der Waals surface area contributed by atoms with E-state index in [1.807, 2.05) is 4.90 Å². The van der Waals surface area contributed by atoms with Gasteiger partial charge in [-0.15, -0.1) is 0 Å². The molecule has 6 aliphatic heterocycles. The van der Waals surface area contributed by atoms with Gasteiger partial charge < -0.3 is 34.1 Å². The SMILES string of the molecule is COC1(C(F)(F)F)CCN(C(=O)Oc2cc3c4c(c(F)ccc4c2)CCCOC(=O)N[C@]2(C)C[C@@H](F)CN(C2)c2nc(OC[C@@]45CCCN4C[C@H](F)C5)nc4c(F)c-3ncc24)CC1. The fraction of sp³-hybridized carbons (Fsp3) is 0.558. The van der Waals surface area contributed by atoms with E-state index < -0.39 is 71.9 Å². The van der Waals surface area contributed by atoms with Crippen molar-refractivity contribution in [2.45, 2.75) is 93.5 Å². The number of hydrogen-bond acceptors (Lipinski definition) is 11. The molecule has 0 aliphatic carbocycles. The van der Waals surface area contributed by atoms with Gasteiger partial charge in [-0.1, -0.05) is 6.07 Å². The average molecular weight is 890 g/mol. The molecule has 8 heterocycles. The van der Waals surface area contributed by atoms with Crippen molar-refractivity contribution in [1.82, 2.24) is 30.1 Å². The first-order valence-corrected chi connectivity index (χ1v) is 21.1. The van der Waals surface area contributed by atoms with E-state index in [-0.39, 0.29) is 122 Å². The van der Waals surface area contributed by atoms with Gasteiger partial charge in [-0.3, -0.25) is 9.88 Å². The summed E-state index contributed by atoms with van der Waals surface area (Å²) in [5.74, 6) is -1.74. The number of aryl methyl sites for hydroxylation is 1. The summed E-state index contributed by atoms with van der Waals surface area (Å²) in [7, 11) is 0.972. The van der Waals surface area contributed by atoms with Crippen LogP contribution in [0.5, 0.6) is 11.8 Å². The third-order valence-corrected chi connectivity index (χ3v) is 13.4. The largest absolute Gasteiger partial charge is 0.461 e. The molecule has 6 bridgehead atoms. The van der Waals surface area contributed by atoms with Crippen LogP contribution in [0.2, 0.25) is 0 Å². The first-order chi connectivity index (χ1) is 30.0. The number of anilines is 1. The normalized spacial score (nSPS) is 26.5. The predicted octanol–water partition coefficient (Wildman–Crippen LogP) is 7.60. The molecule has 63 heavy (non-hydrogen) atoms. The molecule has 0 unspecified atom stereocenters. The lowest BCUT2D eigenvalue weighted by molar-refractivity contribution is -0.281. The summed E-state index contributed by atoms with van der Waals surface area (Å²) in [5, 5.41) is 3.33. The van der Waals surface area contributed by atoms with E-state index in [2.05, 4.69) is 20.3 Å². The van der Waals surface area contributed by atoms with Crippen LogP contribution in [0.1, 0.15) is 57.4 Å². The van der Waals surface area contributed by atoms with Crippen LogP contribution in [0.4, 0.5) is 46.1 Å². The van der Waals surface area contributed by atoms with Gasteiger partial charge in [0, 0.05) is 70.7 Å². The number of carbonyl (C=O) groups is 2. The minimum absolute atomic E-state index is 0.00482. The second-order valence-electron chi connectivity index (χ2n) is 17.6. The summed E-state index contributed by atoms with van der Waals surface area (Å²) in [6.07, 6.45) is -6.98. The maximum Gasteiger partial charge on any atom is 0.417 e. The molecule has 4 saturated heterocycles. The number of halogens is 7. The van der Waals surface area contributed by atoms with E-state index in [4.69, 9.17) is 18.9 Å². The number of alkyl carbamates (subject to hydrolysis) is 1. The van der Waals surface area contributed by atoms with E-state index in [0.29, 0.717) is 18.4 Å². The number of amides is 2. The van der Waals surface area contributed by atoms with E-state index in [9.17, 15) is 27.2 Å². The molecule has 6 aliphatic rings. The van der Waals surface area contributed by atoms with Gasteiger partial charge in [0.2, 0.25) is 0 Å². The van der Waals surface area contributed by atoms with Crippen molar-refractivity contribution in [3.05, 3.63) is 47.7 Å². The van der Waals surface area contributed by atoms with E-state index in [0.717, 1.165) is 18.4 Å². The second-order valence-corrected chi connectivity index (χ2v) is 17.6. The summed E-state index contributed by atoms with van der Waals surface area (Å²) in [6, 6.07) is 5.04. The van der Waals surface area contributed by atoms with Crippen LogP contribution in [-0.4, -0.2) is 132 Å². The molecule has 10 rings (SSSR count). The number of methoxy groups -OCH3 is 1. The molecule has 338 valence electrons. The predicted molar refractivity (Wildman–Crippen MR) is 214 cm³/mol. The summed E-state index contributed by atoms with van der Waals surface area (Å²) in [6.45, 7) is 1.59. The van der Waals surface area contributed by atoms with E-state index >= 15 is 13.2 Å². The van der Waals surface area contributed by atoms with Gasteiger partial charge in [-0.05, 0) is 73.7 Å². The number of piperidine rings is 2. The first kappa shape index (κ1) is 43.0. The number of hydrogen-bond donors (Lipinski definition) is 1. The molecule has 0 saturated carbocycles. The molecule has 4 fully saturated rings. The molecule has 20 heteroatoms. The van der Waals surface area contributed by atoms with Crippen LogP contribution in [0.25, 0.3) is 32.9 Å². The molecular formula is C43H46F7N7O6. The van der Waals surface area contributed by atoms with Crippen molar-refractivity contribution < 1.29 is 59.3 Å². The summed E-state index contributed by atoms with van der Waals surface area (Å²) < 4.78 is 128. The van der Waals surface area contributed by atoms with Crippen molar-refractivity contribution in [2.75, 3.05) is 64.5 Å². The number of pyridine rings is 1. The Morgan fingerprint density at radius 2 is 1.79 bits per heavy atom. The lowest BCUT2D eigenvalue weighted by Gasteiger charge is -2.42. The molecule has 1 N–H and O–H groups in total. The smallest absolute Gasteiger partial charge is 0.417 e. The lowest BCUT2D eigenvalue weighted by Crippen LogP contribution is -2.60. The highest BCUT2D eigenvalue weighted by Gasteiger charge is 2.57. The fourth-order valence-corrected chi connectivity index (χ4v) is 10.3. The molecule has 2 amide bonds. The Bertz CT molecular complexity index is 2460. The van der Waals surface area contributed by atoms with Gasteiger partial charge in [0.15, 0.2) is 11.4 Å². The van der Waals surface area contributed by atoms with Gasteiger partial charge in [0.1, 0.15) is 47.5 Å². The number of carbonyl (C=O) groups excluding carboxylic acids is 2.